The number of rotatable bonds is 7. The zero-order valence-corrected chi connectivity index (χ0v) is 19.0. The fourth-order valence-electron chi connectivity index (χ4n) is 4.36. The summed E-state index contributed by atoms with van der Waals surface area (Å²) >= 11 is 6.23. The standard InChI is InChI=1S/C26H24ClN3O3/c1-32-20-8-6-7-19(16-20)30-17-18(15-25(30)31)26-28-22-10-3-4-11-23(22)29(26)13-14-33-24-12-5-2-9-21(24)27/h2-12,16,18H,13-15,17H2,1H3/t18-/m1/s1. The highest BCUT2D eigenvalue weighted by Gasteiger charge is 2.35. The summed E-state index contributed by atoms with van der Waals surface area (Å²) in [6.07, 6.45) is 0.409. The second-order valence-electron chi connectivity index (χ2n) is 8.00. The van der Waals surface area contributed by atoms with Crippen LogP contribution in [0.25, 0.3) is 11.0 Å². The number of imidazole rings is 1. The Morgan fingerprint density at radius 2 is 1.88 bits per heavy atom. The number of halogens is 1. The Morgan fingerprint density at radius 3 is 2.73 bits per heavy atom. The maximum atomic E-state index is 12.9. The lowest BCUT2D eigenvalue weighted by Gasteiger charge is -2.18. The average Bonchev–Trinajstić information content (AvgIpc) is 3.41. The molecule has 1 aromatic heterocycles. The number of fused-ring (bicyclic) bond motifs is 1. The highest BCUT2D eigenvalue weighted by molar-refractivity contribution is 6.32. The monoisotopic (exact) mass is 461 g/mol. The Morgan fingerprint density at radius 1 is 1.06 bits per heavy atom. The van der Waals surface area contributed by atoms with E-state index in [0.717, 1.165) is 28.3 Å². The van der Waals surface area contributed by atoms with Crippen LogP contribution in [-0.2, 0) is 11.3 Å². The predicted molar refractivity (Wildman–Crippen MR) is 129 cm³/mol. The van der Waals surface area contributed by atoms with Gasteiger partial charge >= 0.3 is 0 Å². The van der Waals surface area contributed by atoms with Gasteiger partial charge in [-0.05, 0) is 36.4 Å². The van der Waals surface area contributed by atoms with E-state index in [0.29, 0.717) is 36.9 Å². The highest BCUT2D eigenvalue weighted by atomic mass is 35.5. The number of carbonyl (C=O) groups is 1. The van der Waals surface area contributed by atoms with E-state index in [2.05, 4.69) is 10.6 Å². The average molecular weight is 462 g/mol. The van der Waals surface area contributed by atoms with Crippen molar-refractivity contribution in [3.8, 4) is 11.5 Å². The summed E-state index contributed by atoms with van der Waals surface area (Å²) in [5, 5.41) is 0.587. The Hall–Kier alpha value is -3.51. The summed E-state index contributed by atoms with van der Waals surface area (Å²) in [5.74, 6) is 2.35. The lowest BCUT2D eigenvalue weighted by atomic mass is 10.1. The largest absolute Gasteiger partial charge is 0.497 e. The number of hydrogen-bond acceptors (Lipinski definition) is 4. The van der Waals surface area contributed by atoms with Crippen LogP contribution in [0.4, 0.5) is 5.69 Å². The van der Waals surface area contributed by atoms with Gasteiger partial charge in [0.2, 0.25) is 5.91 Å². The number of aromatic nitrogens is 2. The third-order valence-electron chi connectivity index (χ3n) is 5.95. The Labute approximate surface area is 197 Å². The Bertz CT molecular complexity index is 1300. The molecule has 33 heavy (non-hydrogen) atoms. The minimum Gasteiger partial charge on any atom is -0.497 e. The number of anilines is 1. The fraction of sp³-hybridized carbons (Fsp3) is 0.231. The summed E-state index contributed by atoms with van der Waals surface area (Å²) in [7, 11) is 1.63. The van der Waals surface area contributed by atoms with Gasteiger partial charge in [0, 0.05) is 30.6 Å². The first-order valence-electron chi connectivity index (χ1n) is 10.9. The summed E-state index contributed by atoms with van der Waals surface area (Å²) in [4.78, 5) is 19.7. The fourth-order valence-corrected chi connectivity index (χ4v) is 4.55. The van der Waals surface area contributed by atoms with Gasteiger partial charge in [0.05, 0.1) is 29.7 Å². The van der Waals surface area contributed by atoms with Gasteiger partial charge in [0.1, 0.15) is 23.9 Å². The molecule has 1 aliphatic rings. The van der Waals surface area contributed by atoms with Gasteiger partial charge in [-0.1, -0.05) is 41.9 Å². The van der Waals surface area contributed by atoms with E-state index >= 15 is 0 Å². The Kier molecular flexibility index (Phi) is 5.92. The van der Waals surface area contributed by atoms with Gasteiger partial charge in [0.25, 0.3) is 0 Å². The Balaban J connectivity index is 1.41. The topological polar surface area (TPSA) is 56.6 Å². The molecule has 0 saturated carbocycles. The summed E-state index contributed by atoms with van der Waals surface area (Å²) in [5.41, 5.74) is 2.78. The molecule has 3 aromatic carbocycles. The van der Waals surface area contributed by atoms with Crippen molar-refractivity contribution in [2.24, 2.45) is 0 Å². The molecule has 1 saturated heterocycles. The second-order valence-corrected chi connectivity index (χ2v) is 8.40. The minimum absolute atomic E-state index is 0.0172. The molecule has 0 bridgehead atoms. The van der Waals surface area contributed by atoms with Crippen LogP contribution in [0.3, 0.4) is 0 Å². The maximum Gasteiger partial charge on any atom is 0.227 e. The van der Waals surface area contributed by atoms with Crippen LogP contribution in [0, 0.1) is 0 Å². The molecular weight excluding hydrogens is 438 g/mol. The molecule has 168 valence electrons. The van der Waals surface area contributed by atoms with Crippen molar-refractivity contribution in [2.75, 3.05) is 25.2 Å². The number of ether oxygens (including phenoxy) is 2. The number of benzene rings is 3. The zero-order valence-electron chi connectivity index (χ0n) is 18.3. The molecule has 0 unspecified atom stereocenters. The molecule has 4 aromatic rings. The molecule has 1 aliphatic heterocycles. The van der Waals surface area contributed by atoms with E-state index in [1.807, 2.05) is 71.6 Å². The normalized spacial score (nSPS) is 15.9. The number of nitrogens with zero attached hydrogens (tertiary/aromatic N) is 3. The van der Waals surface area contributed by atoms with Crippen LogP contribution in [-0.4, -0.2) is 35.7 Å². The molecule has 1 atom stereocenters. The number of methoxy groups -OCH3 is 1. The highest BCUT2D eigenvalue weighted by Crippen LogP contribution is 2.34. The van der Waals surface area contributed by atoms with Gasteiger partial charge in [-0.15, -0.1) is 0 Å². The van der Waals surface area contributed by atoms with E-state index in [4.69, 9.17) is 26.1 Å². The molecule has 1 amide bonds. The van der Waals surface area contributed by atoms with Crippen molar-refractivity contribution in [2.45, 2.75) is 18.9 Å². The summed E-state index contributed by atoms with van der Waals surface area (Å²) in [6.45, 7) is 1.61. The lowest BCUT2D eigenvalue weighted by molar-refractivity contribution is -0.117. The minimum atomic E-state index is -0.0172. The van der Waals surface area contributed by atoms with Crippen LogP contribution in [0.5, 0.6) is 11.5 Å². The molecular formula is C26H24ClN3O3. The quantitative estimate of drug-likeness (QED) is 0.375. The third-order valence-corrected chi connectivity index (χ3v) is 6.26. The van der Waals surface area contributed by atoms with E-state index in [-0.39, 0.29) is 11.8 Å². The summed E-state index contributed by atoms with van der Waals surface area (Å²) in [6, 6.07) is 23.1. The van der Waals surface area contributed by atoms with Gasteiger partial charge in [-0.2, -0.15) is 0 Å². The molecule has 2 heterocycles. The van der Waals surface area contributed by atoms with Gasteiger partial charge < -0.3 is 18.9 Å². The van der Waals surface area contributed by atoms with Crippen LogP contribution in [0.1, 0.15) is 18.2 Å². The van der Waals surface area contributed by atoms with Crippen molar-refractivity contribution in [1.82, 2.24) is 9.55 Å². The van der Waals surface area contributed by atoms with Crippen molar-refractivity contribution in [3.63, 3.8) is 0 Å². The number of hydrogen-bond donors (Lipinski definition) is 0. The van der Waals surface area contributed by atoms with Gasteiger partial charge in [-0.25, -0.2) is 4.98 Å². The molecule has 5 rings (SSSR count). The molecule has 6 nitrogen and oxygen atoms in total. The van der Waals surface area contributed by atoms with E-state index < -0.39 is 0 Å². The SMILES string of the molecule is COc1cccc(N2C[C@H](c3nc4ccccc4n3CCOc3ccccc3Cl)CC2=O)c1. The molecule has 7 heteroatoms. The number of amides is 1. The van der Waals surface area contributed by atoms with Gasteiger partial charge in [0.15, 0.2) is 0 Å². The van der Waals surface area contributed by atoms with Crippen LogP contribution in [0.15, 0.2) is 72.8 Å². The van der Waals surface area contributed by atoms with E-state index in [1.165, 1.54) is 0 Å². The van der Waals surface area contributed by atoms with Crippen molar-refractivity contribution >= 4 is 34.2 Å². The van der Waals surface area contributed by atoms with Crippen LogP contribution in [0.2, 0.25) is 5.02 Å². The third kappa shape index (κ3) is 4.26. The smallest absolute Gasteiger partial charge is 0.227 e. The van der Waals surface area contributed by atoms with E-state index in [9.17, 15) is 4.79 Å². The molecule has 0 N–H and O–H groups in total. The number of carbonyl (C=O) groups excluding carboxylic acids is 1. The van der Waals surface area contributed by atoms with Crippen molar-refractivity contribution in [1.29, 1.82) is 0 Å². The van der Waals surface area contributed by atoms with Crippen LogP contribution >= 0.6 is 11.6 Å². The molecule has 0 aliphatic carbocycles. The molecule has 0 radical (unpaired) electrons. The first kappa shape index (κ1) is 21.3. The first-order valence-corrected chi connectivity index (χ1v) is 11.3. The van der Waals surface area contributed by atoms with Crippen LogP contribution < -0.4 is 14.4 Å². The van der Waals surface area contributed by atoms with E-state index in [1.54, 1.807) is 7.11 Å². The van der Waals surface area contributed by atoms with Crippen molar-refractivity contribution in [3.05, 3.63) is 83.6 Å². The summed E-state index contributed by atoms with van der Waals surface area (Å²) < 4.78 is 13.4. The molecule has 1 fully saturated rings. The number of para-hydroxylation sites is 3. The predicted octanol–water partition coefficient (Wildman–Crippen LogP) is 5.30. The van der Waals surface area contributed by atoms with Crippen molar-refractivity contribution < 1.29 is 14.3 Å². The second kappa shape index (κ2) is 9.16. The van der Waals surface area contributed by atoms with Gasteiger partial charge in [-0.3, -0.25) is 4.79 Å². The lowest BCUT2D eigenvalue weighted by Crippen LogP contribution is -2.24. The first-order chi connectivity index (χ1) is 16.1. The maximum absolute atomic E-state index is 12.9. The zero-order chi connectivity index (χ0) is 22.8. The molecule has 0 spiro atoms.